The van der Waals surface area contributed by atoms with Crippen LogP contribution in [0.3, 0.4) is 0 Å². The van der Waals surface area contributed by atoms with Gasteiger partial charge in [0.25, 0.3) is 5.91 Å². The quantitative estimate of drug-likeness (QED) is 0.571. The monoisotopic (exact) mass is 402 g/mol. The summed E-state index contributed by atoms with van der Waals surface area (Å²) in [5.41, 5.74) is 1.98. The van der Waals surface area contributed by atoms with Crippen molar-refractivity contribution in [3.8, 4) is 11.5 Å². The van der Waals surface area contributed by atoms with Crippen LogP contribution >= 0.6 is 0 Å². The van der Waals surface area contributed by atoms with Crippen LogP contribution in [0.4, 0.5) is 5.69 Å². The van der Waals surface area contributed by atoms with Crippen LogP contribution in [0.1, 0.15) is 29.3 Å². The first kappa shape index (κ1) is 19.8. The van der Waals surface area contributed by atoms with E-state index in [0.29, 0.717) is 18.8 Å². The van der Waals surface area contributed by atoms with Crippen LogP contribution < -0.4 is 14.8 Å². The minimum Gasteiger partial charge on any atom is -0.490 e. The zero-order valence-electron chi connectivity index (χ0n) is 17.3. The van der Waals surface area contributed by atoms with Crippen molar-refractivity contribution in [2.24, 2.45) is 0 Å². The summed E-state index contributed by atoms with van der Waals surface area (Å²) < 4.78 is 11.5. The van der Waals surface area contributed by atoms with Crippen LogP contribution in [0.15, 0.2) is 78.9 Å². The first-order valence-electron chi connectivity index (χ1n) is 10.2. The topological polar surface area (TPSA) is 50.8 Å². The predicted molar refractivity (Wildman–Crippen MR) is 118 cm³/mol. The Kier molecular flexibility index (Phi) is 5.61. The third-order valence-electron chi connectivity index (χ3n) is 5.58. The summed E-state index contributed by atoms with van der Waals surface area (Å²) in [6.07, 6.45) is 0.731. The Morgan fingerprint density at radius 1 is 0.833 bits per heavy atom. The number of fused-ring (bicyclic) bond motifs is 1. The van der Waals surface area contributed by atoms with Crippen molar-refractivity contribution in [1.29, 1.82) is 0 Å². The van der Waals surface area contributed by atoms with Crippen LogP contribution in [0, 0.1) is 0 Å². The molecular weight excluding hydrogens is 376 g/mol. The van der Waals surface area contributed by atoms with Crippen LogP contribution in [-0.4, -0.2) is 31.1 Å². The molecule has 1 N–H and O–H groups in total. The van der Waals surface area contributed by atoms with Crippen molar-refractivity contribution >= 4 is 11.6 Å². The molecule has 3 aromatic carbocycles. The fourth-order valence-corrected chi connectivity index (χ4v) is 3.90. The standard InChI is InChI=1S/C25H26N2O3/c1-3-25(26-23-12-8-7-11-22(23)24(28)27(25)2)19-13-15-21(16-14-19)30-18-17-29-20-9-5-4-6-10-20/h4-16,26H,3,17-18H2,1-2H3. The fraction of sp³-hybridized carbons (Fsp3) is 0.240. The summed E-state index contributed by atoms with van der Waals surface area (Å²) >= 11 is 0. The van der Waals surface area contributed by atoms with E-state index in [2.05, 4.69) is 12.2 Å². The number of nitrogens with zero attached hydrogens (tertiary/aromatic N) is 1. The number of ether oxygens (including phenoxy) is 2. The van der Waals surface area contributed by atoms with Gasteiger partial charge in [-0.15, -0.1) is 0 Å². The fourth-order valence-electron chi connectivity index (χ4n) is 3.90. The first-order valence-corrected chi connectivity index (χ1v) is 10.2. The molecule has 1 heterocycles. The molecular formula is C25H26N2O3. The van der Waals surface area contributed by atoms with E-state index in [1.54, 1.807) is 4.90 Å². The van der Waals surface area contributed by atoms with E-state index >= 15 is 0 Å². The number of anilines is 1. The minimum absolute atomic E-state index is 0.0181. The lowest BCUT2D eigenvalue weighted by Gasteiger charge is -2.46. The molecule has 5 heteroatoms. The molecule has 1 aliphatic heterocycles. The van der Waals surface area contributed by atoms with E-state index in [1.165, 1.54) is 0 Å². The van der Waals surface area contributed by atoms with Gasteiger partial charge in [-0.3, -0.25) is 4.79 Å². The van der Waals surface area contributed by atoms with Gasteiger partial charge in [-0.25, -0.2) is 0 Å². The molecule has 5 nitrogen and oxygen atoms in total. The largest absolute Gasteiger partial charge is 0.490 e. The average Bonchev–Trinajstić information content (AvgIpc) is 2.80. The molecule has 0 aliphatic carbocycles. The van der Waals surface area contributed by atoms with E-state index in [-0.39, 0.29) is 5.91 Å². The maximum absolute atomic E-state index is 13.0. The molecule has 0 saturated carbocycles. The second-order valence-electron chi connectivity index (χ2n) is 7.28. The van der Waals surface area contributed by atoms with Gasteiger partial charge >= 0.3 is 0 Å². The normalized spacial score (nSPS) is 17.8. The Bertz CT molecular complexity index is 1000. The number of nitrogens with one attached hydrogen (secondary N) is 1. The molecule has 3 aromatic rings. The highest BCUT2D eigenvalue weighted by Gasteiger charge is 2.42. The van der Waals surface area contributed by atoms with E-state index in [4.69, 9.17) is 9.47 Å². The van der Waals surface area contributed by atoms with E-state index in [0.717, 1.165) is 29.2 Å². The highest BCUT2D eigenvalue weighted by molar-refractivity contribution is 6.02. The van der Waals surface area contributed by atoms with E-state index < -0.39 is 5.66 Å². The van der Waals surface area contributed by atoms with Crippen molar-refractivity contribution in [3.63, 3.8) is 0 Å². The lowest BCUT2D eigenvalue weighted by Crippen LogP contribution is -2.55. The summed E-state index contributed by atoms with van der Waals surface area (Å²) in [7, 11) is 1.85. The zero-order chi connectivity index (χ0) is 21.0. The van der Waals surface area contributed by atoms with Crippen molar-refractivity contribution in [2.75, 3.05) is 25.6 Å². The van der Waals surface area contributed by atoms with Crippen molar-refractivity contribution in [2.45, 2.75) is 19.0 Å². The van der Waals surface area contributed by atoms with Crippen LogP contribution in [0.2, 0.25) is 0 Å². The number of carbonyl (C=O) groups is 1. The number of hydrogen-bond donors (Lipinski definition) is 1. The van der Waals surface area contributed by atoms with Crippen LogP contribution in [0.25, 0.3) is 0 Å². The van der Waals surface area contributed by atoms with Crippen molar-refractivity contribution in [1.82, 2.24) is 4.90 Å². The van der Waals surface area contributed by atoms with Gasteiger partial charge in [-0.1, -0.05) is 49.4 Å². The van der Waals surface area contributed by atoms with Gasteiger partial charge in [0.2, 0.25) is 0 Å². The molecule has 0 spiro atoms. The third kappa shape index (κ3) is 3.71. The molecule has 0 radical (unpaired) electrons. The SMILES string of the molecule is CCC1(c2ccc(OCCOc3ccccc3)cc2)Nc2ccccc2C(=O)N1C. The van der Waals surface area contributed by atoms with Gasteiger partial charge in [-0.05, 0) is 48.4 Å². The number of para-hydroxylation sites is 2. The summed E-state index contributed by atoms with van der Waals surface area (Å²) in [4.78, 5) is 14.8. The van der Waals surface area contributed by atoms with E-state index in [9.17, 15) is 4.79 Å². The molecule has 0 aromatic heterocycles. The number of benzene rings is 3. The molecule has 1 amide bonds. The first-order chi connectivity index (χ1) is 14.6. The van der Waals surface area contributed by atoms with Crippen LogP contribution in [-0.2, 0) is 5.66 Å². The Balaban J connectivity index is 1.45. The third-order valence-corrected chi connectivity index (χ3v) is 5.58. The van der Waals surface area contributed by atoms with Gasteiger partial charge in [-0.2, -0.15) is 0 Å². The second kappa shape index (κ2) is 8.49. The Labute approximate surface area is 177 Å². The second-order valence-corrected chi connectivity index (χ2v) is 7.28. The van der Waals surface area contributed by atoms with Gasteiger partial charge in [0, 0.05) is 12.7 Å². The molecule has 4 rings (SSSR count). The molecule has 0 bridgehead atoms. The number of carbonyl (C=O) groups excluding carboxylic acids is 1. The molecule has 0 fully saturated rings. The van der Waals surface area contributed by atoms with Crippen molar-refractivity contribution in [3.05, 3.63) is 90.0 Å². The number of amides is 1. The summed E-state index contributed by atoms with van der Waals surface area (Å²) in [6, 6.07) is 25.2. The highest BCUT2D eigenvalue weighted by Crippen LogP contribution is 2.39. The Morgan fingerprint density at radius 3 is 2.10 bits per heavy atom. The molecule has 0 saturated heterocycles. The zero-order valence-corrected chi connectivity index (χ0v) is 17.3. The minimum atomic E-state index is -0.597. The number of hydrogen-bond acceptors (Lipinski definition) is 4. The average molecular weight is 402 g/mol. The summed E-state index contributed by atoms with van der Waals surface area (Å²) in [6.45, 7) is 3.01. The maximum Gasteiger partial charge on any atom is 0.257 e. The predicted octanol–water partition coefficient (Wildman–Crippen LogP) is 4.90. The summed E-state index contributed by atoms with van der Waals surface area (Å²) in [5, 5.41) is 3.59. The van der Waals surface area contributed by atoms with Gasteiger partial charge in [0.15, 0.2) is 0 Å². The highest BCUT2D eigenvalue weighted by atomic mass is 16.5. The summed E-state index contributed by atoms with van der Waals surface area (Å²) in [5.74, 6) is 1.62. The Morgan fingerprint density at radius 2 is 1.43 bits per heavy atom. The molecule has 1 aliphatic rings. The molecule has 1 unspecified atom stereocenters. The lowest BCUT2D eigenvalue weighted by molar-refractivity contribution is 0.0572. The van der Waals surface area contributed by atoms with Gasteiger partial charge < -0.3 is 19.7 Å². The lowest BCUT2D eigenvalue weighted by atomic mass is 9.90. The molecule has 154 valence electrons. The maximum atomic E-state index is 13.0. The number of rotatable bonds is 7. The molecule has 1 atom stereocenters. The van der Waals surface area contributed by atoms with Crippen molar-refractivity contribution < 1.29 is 14.3 Å². The molecule has 30 heavy (non-hydrogen) atoms. The van der Waals surface area contributed by atoms with Crippen LogP contribution in [0.5, 0.6) is 11.5 Å². The smallest absolute Gasteiger partial charge is 0.257 e. The van der Waals surface area contributed by atoms with Gasteiger partial charge in [0.05, 0.1) is 5.56 Å². The van der Waals surface area contributed by atoms with Gasteiger partial charge in [0.1, 0.15) is 30.4 Å². The Hall–Kier alpha value is -3.47. The van der Waals surface area contributed by atoms with E-state index in [1.807, 2.05) is 85.9 Å².